The molecule has 19 heavy (non-hydrogen) atoms. The van der Waals surface area contributed by atoms with Gasteiger partial charge in [-0.05, 0) is 32.0 Å². The third kappa shape index (κ3) is 7.18. The number of benzene rings is 1. The van der Waals surface area contributed by atoms with Gasteiger partial charge in [0.25, 0.3) is 0 Å². The van der Waals surface area contributed by atoms with Crippen LogP contribution in [0.25, 0.3) is 0 Å². The van der Waals surface area contributed by atoms with Crippen LogP contribution in [0.1, 0.15) is 30.9 Å². The number of rotatable bonds is 7. The lowest BCUT2D eigenvalue weighted by atomic mass is 10.0. The highest BCUT2D eigenvalue weighted by Gasteiger charge is 2.26. The molecule has 108 valence electrons. The van der Waals surface area contributed by atoms with Gasteiger partial charge in [-0.3, -0.25) is 0 Å². The maximum atomic E-state index is 12.0. The average molecular weight is 274 g/mol. The predicted molar refractivity (Wildman–Crippen MR) is 70.8 cm³/mol. The molecule has 1 aromatic carbocycles. The fourth-order valence-electron chi connectivity index (χ4n) is 1.88. The van der Waals surface area contributed by atoms with E-state index >= 15 is 0 Å². The van der Waals surface area contributed by atoms with Crippen LogP contribution in [-0.4, -0.2) is 31.2 Å². The fraction of sp³-hybridized carbons (Fsp3) is 0.571. The van der Waals surface area contributed by atoms with Crippen molar-refractivity contribution in [1.29, 1.82) is 0 Å². The van der Waals surface area contributed by atoms with Crippen LogP contribution in [0.2, 0.25) is 0 Å². The molecule has 1 unspecified atom stereocenters. The summed E-state index contributed by atoms with van der Waals surface area (Å²) in [4.78, 5) is 1.70. The molecule has 0 aliphatic rings. The van der Waals surface area contributed by atoms with Crippen molar-refractivity contribution in [2.75, 3.05) is 20.1 Å². The Morgan fingerprint density at radius 1 is 1.16 bits per heavy atom. The van der Waals surface area contributed by atoms with Crippen LogP contribution < -0.4 is 5.73 Å². The zero-order valence-electron chi connectivity index (χ0n) is 11.2. The summed E-state index contributed by atoms with van der Waals surface area (Å²) in [6.45, 7) is 0.681. The van der Waals surface area contributed by atoms with Crippen LogP contribution in [0, 0.1) is 0 Å². The first-order valence-electron chi connectivity index (χ1n) is 6.44. The second-order valence-electron chi connectivity index (χ2n) is 4.83. The third-order valence-electron chi connectivity index (χ3n) is 3.06. The number of alkyl halides is 3. The number of hydrogen-bond donors (Lipinski definition) is 1. The van der Waals surface area contributed by atoms with Crippen LogP contribution in [0.4, 0.5) is 13.2 Å². The van der Waals surface area contributed by atoms with Crippen molar-refractivity contribution in [3.05, 3.63) is 35.9 Å². The van der Waals surface area contributed by atoms with Crippen molar-refractivity contribution in [1.82, 2.24) is 4.90 Å². The summed E-state index contributed by atoms with van der Waals surface area (Å²) in [6.07, 6.45) is -3.26. The lowest BCUT2D eigenvalue weighted by Crippen LogP contribution is -2.26. The van der Waals surface area contributed by atoms with Crippen molar-refractivity contribution in [2.24, 2.45) is 5.73 Å². The van der Waals surface area contributed by atoms with E-state index in [1.807, 2.05) is 30.3 Å². The van der Waals surface area contributed by atoms with Gasteiger partial charge in [0.1, 0.15) is 0 Å². The Kier molecular flexibility index (Phi) is 6.31. The first kappa shape index (κ1) is 16.0. The second kappa shape index (κ2) is 7.50. The third-order valence-corrected chi connectivity index (χ3v) is 3.06. The van der Waals surface area contributed by atoms with Gasteiger partial charge >= 0.3 is 6.18 Å². The van der Waals surface area contributed by atoms with Gasteiger partial charge in [-0.25, -0.2) is 0 Å². The molecule has 0 bridgehead atoms. The molecule has 0 heterocycles. The quantitative estimate of drug-likeness (QED) is 0.826. The topological polar surface area (TPSA) is 29.3 Å². The van der Waals surface area contributed by atoms with Crippen LogP contribution in [0.15, 0.2) is 30.3 Å². The van der Waals surface area contributed by atoms with E-state index in [2.05, 4.69) is 0 Å². The molecule has 1 atom stereocenters. The summed E-state index contributed by atoms with van der Waals surface area (Å²) in [5.74, 6) is 0. The molecule has 0 saturated carbocycles. The van der Waals surface area contributed by atoms with Crippen molar-refractivity contribution in [3.63, 3.8) is 0 Å². The van der Waals surface area contributed by atoms with E-state index in [4.69, 9.17) is 5.73 Å². The normalized spacial score (nSPS) is 13.8. The minimum Gasteiger partial charge on any atom is -0.324 e. The molecule has 0 aliphatic heterocycles. The van der Waals surface area contributed by atoms with E-state index in [0.29, 0.717) is 6.54 Å². The van der Waals surface area contributed by atoms with Crippen LogP contribution in [-0.2, 0) is 0 Å². The molecule has 0 amide bonds. The SMILES string of the molecule is CN(CCCC(N)c1ccccc1)CCC(F)(F)F. The van der Waals surface area contributed by atoms with E-state index < -0.39 is 12.6 Å². The number of nitrogens with zero attached hydrogens (tertiary/aromatic N) is 1. The Morgan fingerprint density at radius 3 is 2.37 bits per heavy atom. The molecule has 0 radical (unpaired) electrons. The monoisotopic (exact) mass is 274 g/mol. The average Bonchev–Trinajstić information content (AvgIpc) is 2.36. The summed E-state index contributed by atoms with van der Waals surface area (Å²) < 4.78 is 36.1. The van der Waals surface area contributed by atoms with E-state index in [0.717, 1.165) is 18.4 Å². The lowest BCUT2D eigenvalue weighted by Gasteiger charge is -2.19. The Labute approximate surface area is 112 Å². The Balaban J connectivity index is 2.20. The smallest absolute Gasteiger partial charge is 0.324 e. The maximum absolute atomic E-state index is 12.0. The first-order chi connectivity index (χ1) is 8.88. The zero-order valence-corrected chi connectivity index (χ0v) is 11.2. The Bertz CT molecular complexity index is 351. The van der Waals surface area contributed by atoms with Gasteiger partial charge in [0.15, 0.2) is 0 Å². The van der Waals surface area contributed by atoms with Crippen molar-refractivity contribution in [2.45, 2.75) is 31.5 Å². The van der Waals surface area contributed by atoms with E-state index in [9.17, 15) is 13.2 Å². The van der Waals surface area contributed by atoms with E-state index in [1.165, 1.54) is 0 Å². The number of nitrogens with two attached hydrogens (primary N) is 1. The van der Waals surface area contributed by atoms with Crippen LogP contribution in [0.5, 0.6) is 0 Å². The molecule has 0 spiro atoms. The van der Waals surface area contributed by atoms with Crippen molar-refractivity contribution >= 4 is 0 Å². The fourth-order valence-corrected chi connectivity index (χ4v) is 1.88. The summed E-state index contributed by atoms with van der Waals surface area (Å²) in [5, 5.41) is 0. The van der Waals surface area contributed by atoms with Gasteiger partial charge < -0.3 is 10.6 Å². The zero-order chi connectivity index (χ0) is 14.3. The molecule has 5 heteroatoms. The largest absolute Gasteiger partial charge is 0.390 e. The molecule has 2 N–H and O–H groups in total. The number of halogens is 3. The van der Waals surface area contributed by atoms with Gasteiger partial charge in [-0.15, -0.1) is 0 Å². The van der Waals surface area contributed by atoms with Gasteiger partial charge in [0.05, 0.1) is 6.42 Å². The maximum Gasteiger partial charge on any atom is 0.390 e. The van der Waals surface area contributed by atoms with Gasteiger partial charge in [0.2, 0.25) is 0 Å². The highest BCUT2D eigenvalue weighted by atomic mass is 19.4. The Morgan fingerprint density at radius 2 is 1.79 bits per heavy atom. The molecule has 1 rings (SSSR count). The lowest BCUT2D eigenvalue weighted by molar-refractivity contribution is -0.137. The summed E-state index contributed by atoms with van der Waals surface area (Å²) in [6, 6.07) is 9.70. The van der Waals surface area contributed by atoms with Gasteiger partial charge in [0, 0.05) is 12.6 Å². The van der Waals surface area contributed by atoms with E-state index in [-0.39, 0.29) is 12.6 Å². The molecule has 0 fully saturated rings. The molecule has 2 nitrogen and oxygen atoms in total. The van der Waals surface area contributed by atoms with Crippen molar-refractivity contribution < 1.29 is 13.2 Å². The minimum atomic E-state index is -4.07. The predicted octanol–water partition coefficient (Wildman–Crippen LogP) is 3.35. The minimum absolute atomic E-state index is 0.0442. The Hall–Kier alpha value is -1.07. The molecule has 0 saturated heterocycles. The summed E-state index contributed by atoms with van der Waals surface area (Å²) in [5.41, 5.74) is 7.10. The summed E-state index contributed by atoms with van der Waals surface area (Å²) >= 11 is 0. The standard InChI is InChI=1S/C14H21F3N2/c1-19(11-9-14(15,16)17)10-5-8-13(18)12-6-3-2-4-7-12/h2-4,6-7,13H,5,8-11,18H2,1H3. The van der Waals surface area contributed by atoms with Crippen LogP contribution >= 0.6 is 0 Å². The number of hydrogen-bond acceptors (Lipinski definition) is 2. The van der Waals surface area contributed by atoms with E-state index in [1.54, 1.807) is 11.9 Å². The second-order valence-corrected chi connectivity index (χ2v) is 4.83. The van der Waals surface area contributed by atoms with Crippen molar-refractivity contribution in [3.8, 4) is 0 Å². The van der Waals surface area contributed by atoms with Gasteiger partial charge in [-0.1, -0.05) is 30.3 Å². The highest BCUT2D eigenvalue weighted by molar-refractivity contribution is 5.18. The van der Waals surface area contributed by atoms with Crippen LogP contribution in [0.3, 0.4) is 0 Å². The van der Waals surface area contributed by atoms with Gasteiger partial charge in [-0.2, -0.15) is 13.2 Å². The highest BCUT2D eigenvalue weighted by Crippen LogP contribution is 2.20. The molecule has 0 aromatic heterocycles. The first-order valence-corrected chi connectivity index (χ1v) is 6.44. The molecule has 1 aromatic rings. The molecular formula is C14H21F3N2. The summed E-state index contributed by atoms with van der Waals surface area (Å²) in [7, 11) is 1.71. The molecule has 0 aliphatic carbocycles. The molecular weight excluding hydrogens is 253 g/mol.